The fourth-order valence-electron chi connectivity index (χ4n) is 1.11. The molecule has 0 bridgehead atoms. The molecule has 0 heterocycles. The molecule has 2 rings (SSSR count). The van der Waals surface area contributed by atoms with Crippen molar-refractivity contribution in [2.45, 2.75) is 0 Å². The Kier molecular flexibility index (Phi) is 1.40. The zero-order valence-corrected chi connectivity index (χ0v) is 7.43. The van der Waals surface area contributed by atoms with E-state index in [1.807, 2.05) is 30.3 Å². The van der Waals surface area contributed by atoms with Gasteiger partial charge >= 0.3 is 0 Å². The van der Waals surface area contributed by atoms with Gasteiger partial charge in [0.25, 0.3) is 0 Å². The van der Waals surface area contributed by atoms with Gasteiger partial charge in [0.2, 0.25) is 0 Å². The number of benzene rings is 2. The van der Waals surface area contributed by atoms with E-state index in [2.05, 4.69) is 15.9 Å². The van der Waals surface area contributed by atoms with Crippen LogP contribution >= 0.6 is 15.9 Å². The molecular weight excluding hydrogens is 200 g/mol. The third-order valence-corrected chi connectivity index (χ3v) is 2.34. The van der Waals surface area contributed by atoms with Crippen LogP contribution in [0, 0.1) is 0 Å². The van der Waals surface area contributed by atoms with Crippen molar-refractivity contribution in [3.8, 4) is 0 Å². The summed E-state index contributed by atoms with van der Waals surface area (Å²) in [6, 6.07) is 12.2. The van der Waals surface area contributed by atoms with E-state index in [0.29, 0.717) is 6.04 Å². The molecule has 2 aromatic rings. The van der Waals surface area contributed by atoms with Gasteiger partial charge in [-0.15, -0.1) is 0 Å². The monoisotopic (exact) mass is 207 g/mol. The smallest absolute Gasteiger partial charge is 0.0616 e. The highest BCUT2D eigenvalue weighted by Crippen LogP contribution is 2.22. The predicted octanol–water partition coefficient (Wildman–Crippen LogP) is 3.60. The third kappa shape index (κ3) is 1.16. The van der Waals surface area contributed by atoms with Gasteiger partial charge in [-0.3, -0.25) is 0 Å². The Morgan fingerprint density at radius 2 is 1.91 bits per heavy atom. The lowest BCUT2D eigenvalue weighted by molar-refractivity contribution is 1.71. The van der Waals surface area contributed by atoms with Crippen LogP contribution in [0.2, 0.25) is 0 Å². The van der Waals surface area contributed by atoms with E-state index in [1.165, 1.54) is 0 Å². The van der Waals surface area contributed by atoms with Crippen molar-refractivity contribution >= 4 is 26.7 Å². The van der Waals surface area contributed by atoms with Gasteiger partial charge in [0, 0.05) is 4.47 Å². The summed E-state index contributed by atoms with van der Waals surface area (Å²) in [4.78, 5) is 0. The summed E-state index contributed by atoms with van der Waals surface area (Å²) >= 11 is 3.45. The van der Waals surface area contributed by atoms with Crippen LogP contribution in [0.25, 0.3) is 10.8 Å². The van der Waals surface area contributed by atoms with E-state index >= 15 is 0 Å². The van der Waals surface area contributed by atoms with Gasteiger partial charge in [0.05, 0.1) is 1.37 Å². The lowest BCUT2D eigenvalue weighted by Gasteiger charge is -1.97. The van der Waals surface area contributed by atoms with E-state index in [4.69, 9.17) is 1.37 Å². The van der Waals surface area contributed by atoms with Gasteiger partial charge in [-0.1, -0.05) is 52.3 Å². The SMILES string of the molecule is [2H]c1ccc(Br)c2ccccc12. The zero-order chi connectivity index (χ0) is 8.55. The quantitative estimate of drug-likeness (QED) is 0.620. The summed E-state index contributed by atoms with van der Waals surface area (Å²) in [6.45, 7) is 0. The molecule has 0 aliphatic heterocycles. The van der Waals surface area contributed by atoms with Crippen LogP contribution in [0.5, 0.6) is 0 Å². The van der Waals surface area contributed by atoms with E-state index < -0.39 is 0 Å². The first-order valence-corrected chi connectivity index (χ1v) is 4.22. The molecule has 0 unspecified atom stereocenters. The Balaban J connectivity index is 2.95. The maximum atomic E-state index is 7.64. The van der Waals surface area contributed by atoms with Crippen LogP contribution in [0.1, 0.15) is 1.37 Å². The normalized spacial score (nSPS) is 11.5. The molecular formula is C10H7Br. The number of fused-ring (bicyclic) bond motifs is 1. The van der Waals surface area contributed by atoms with Crippen molar-refractivity contribution in [2.75, 3.05) is 0 Å². The first kappa shape index (κ1) is 5.78. The predicted molar refractivity (Wildman–Crippen MR) is 51.6 cm³/mol. The maximum Gasteiger partial charge on any atom is 0.0629 e. The molecule has 0 radical (unpaired) electrons. The highest BCUT2D eigenvalue weighted by Gasteiger charge is 1.93. The molecule has 0 N–H and O–H groups in total. The Morgan fingerprint density at radius 1 is 1.09 bits per heavy atom. The van der Waals surface area contributed by atoms with Crippen LogP contribution in [-0.2, 0) is 0 Å². The van der Waals surface area contributed by atoms with Crippen LogP contribution in [0.15, 0.2) is 46.9 Å². The second-order valence-electron chi connectivity index (χ2n) is 2.37. The summed E-state index contributed by atoms with van der Waals surface area (Å²) < 4.78 is 8.69. The number of rotatable bonds is 0. The molecule has 0 saturated carbocycles. The molecule has 0 spiro atoms. The summed E-state index contributed by atoms with van der Waals surface area (Å²) in [6.07, 6.45) is 0. The summed E-state index contributed by atoms with van der Waals surface area (Å²) in [5, 5.41) is 2.09. The average Bonchev–Trinajstić information content (AvgIpc) is 2.12. The lowest BCUT2D eigenvalue weighted by atomic mass is 10.1. The van der Waals surface area contributed by atoms with Crippen molar-refractivity contribution < 1.29 is 1.37 Å². The fourth-order valence-corrected chi connectivity index (χ4v) is 1.59. The second-order valence-corrected chi connectivity index (χ2v) is 3.23. The largest absolute Gasteiger partial charge is 0.0629 e. The Labute approximate surface area is 75.4 Å². The summed E-state index contributed by atoms with van der Waals surface area (Å²) in [7, 11) is 0. The molecule has 0 aliphatic carbocycles. The van der Waals surface area contributed by atoms with Crippen molar-refractivity contribution in [3.05, 3.63) is 46.9 Å². The van der Waals surface area contributed by atoms with E-state index in [-0.39, 0.29) is 0 Å². The minimum Gasteiger partial charge on any atom is -0.0616 e. The number of hydrogen-bond acceptors (Lipinski definition) is 0. The topological polar surface area (TPSA) is 0 Å². The van der Waals surface area contributed by atoms with Crippen molar-refractivity contribution in [3.63, 3.8) is 0 Å². The molecule has 0 amide bonds. The van der Waals surface area contributed by atoms with E-state index in [1.54, 1.807) is 6.07 Å². The summed E-state index contributed by atoms with van der Waals surface area (Å²) in [5.74, 6) is 0. The third-order valence-electron chi connectivity index (χ3n) is 1.65. The Bertz CT molecular complexity index is 383. The van der Waals surface area contributed by atoms with Gasteiger partial charge in [-0.2, -0.15) is 0 Å². The number of halogens is 1. The molecule has 0 atom stereocenters. The minimum absolute atomic E-state index is 0.578. The average molecular weight is 208 g/mol. The van der Waals surface area contributed by atoms with Crippen LogP contribution in [-0.4, -0.2) is 0 Å². The highest BCUT2D eigenvalue weighted by atomic mass is 79.9. The minimum atomic E-state index is 0.578. The van der Waals surface area contributed by atoms with Crippen molar-refractivity contribution in [1.82, 2.24) is 0 Å². The summed E-state index contributed by atoms with van der Waals surface area (Å²) in [5.41, 5.74) is 0. The van der Waals surface area contributed by atoms with Gasteiger partial charge < -0.3 is 0 Å². The molecule has 54 valence electrons. The van der Waals surface area contributed by atoms with Crippen molar-refractivity contribution in [1.29, 1.82) is 0 Å². The van der Waals surface area contributed by atoms with Gasteiger partial charge in [0.15, 0.2) is 0 Å². The van der Waals surface area contributed by atoms with Crippen LogP contribution in [0.3, 0.4) is 0 Å². The molecule has 2 aromatic carbocycles. The molecule has 0 aromatic heterocycles. The van der Waals surface area contributed by atoms with Gasteiger partial charge in [-0.05, 0) is 16.8 Å². The molecule has 0 saturated heterocycles. The first-order chi connectivity index (χ1) is 5.79. The van der Waals surface area contributed by atoms with Crippen LogP contribution < -0.4 is 0 Å². The second kappa shape index (κ2) is 2.67. The molecule has 11 heavy (non-hydrogen) atoms. The van der Waals surface area contributed by atoms with E-state index in [0.717, 1.165) is 15.2 Å². The van der Waals surface area contributed by atoms with Gasteiger partial charge in [-0.25, -0.2) is 0 Å². The lowest BCUT2D eigenvalue weighted by Crippen LogP contribution is -1.71. The Hall–Kier alpha value is -0.820. The van der Waals surface area contributed by atoms with Crippen LogP contribution in [0.4, 0.5) is 0 Å². The molecule has 0 nitrogen and oxygen atoms in total. The fraction of sp³-hybridized carbons (Fsp3) is 0. The molecule has 0 aliphatic rings. The van der Waals surface area contributed by atoms with Gasteiger partial charge in [0.1, 0.15) is 0 Å². The zero-order valence-electron chi connectivity index (χ0n) is 6.84. The van der Waals surface area contributed by atoms with E-state index in [9.17, 15) is 0 Å². The highest BCUT2D eigenvalue weighted by molar-refractivity contribution is 9.10. The first-order valence-electron chi connectivity index (χ1n) is 3.93. The molecule has 0 fully saturated rings. The Morgan fingerprint density at radius 3 is 2.73 bits per heavy atom. The molecule has 1 heteroatoms. The standard InChI is InChI=1S/C10H7Br/c11-10-7-3-5-8-4-1-2-6-9(8)10/h1-7H/i5D. The maximum absolute atomic E-state index is 7.64. The number of hydrogen-bond donors (Lipinski definition) is 0. The van der Waals surface area contributed by atoms with Crippen molar-refractivity contribution in [2.24, 2.45) is 0 Å².